The van der Waals surface area contributed by atoms with Crippen LogP contribution in [0.25, 0.3) is 0 Å². The van der Waals surface area contributed by atoms with Crippen molar-refractivity contribution < 1.29 is 19.2 Å². The number of anilines is 1. The van der Waals surface area contributed by atoms with Crippen LogP contribution in [0.1, 0.15) is 25.5 Å². The van der Waals surface area contributed by atoms with Crippen molar-refractivity contribution in [3.63, 3.8) is 0 Å². The minimum Gasteiger partial charge on any atom is -0.486 e. The SMILES string of the molecule is CC(C)C(NC(=O)Nc1cccc([N+](=O)[O-])c1)c1ccc2c(c1)OCCO2. The lowest BCUT2D eigenvalue weighted by atomic mass is 9.95. The average molecular weight is 371 g/mol. The normalized spacial score (nSPS) is 13.7. The first-order valence-corrected chi connectivity index (χ1v) is 8.65. The first-order valence-electron chi connectivity index (χ1n) is 8.65. The van der Waals surface area contributed by atoms with E-state index in [0.717, 1.165) is 5.56 Å². The molecule has 8 nitrogen and oxygen atoms in total. The Morgan fingerprint density at radius 1 is 1.11 bits per heavy atom. The van der Waals surface area contributed by atoms with Gasteiger partial charge < -0.3 is 20.1 Å². The molecular formula is C19H21N3O5. The van der Waals surface area contributed by atoms with Crippen molar-refractivity contribution >= 4 is 17.4 Å². The van der Waals surface area contributed by atoms with Crippen molar-refractivity contribution in [3.05, 3.63) is 58.1 Å². The summed E-state index contributed by atoms with van der Waals surface area (Å²) in [5, 5.41) is 16.4. The van der Waals surface area contributed by atoms with E-state index in [1.54, 1.807) is 6.07 Å². The van der Waals surface area contributed by atoms with Crippen molar-refractivity contribution in [2.24, 2.45) is 5.92 Å². The lowest BCUT2D eigenvalue weighted by Crippen LogP contribution is -2.35. The van der Waals surface area contributed by atoms with E-state index in [9.17, 15) is 14.9 Å². The Kier molecular flexibility index (Phi) is 5.44. The Hall–Kier alpha value is -3.29. The van der Waals surface area contributed by atoms with E-state index in [-0.39, 0.29) is 17.6 Å². The molecule has 2 aromatic carbocycles. The molecule has 2 N–H and O–H groups in total. The molecule has 3 rings (SSSR count). The molecule has 0 saturated carbocycles. The van der Waals surface area contributed by atoms with Gasteiger partial charge >= 0.3 is 6.03 Å². The lowest BCUT2D eigenvalue weighted by molar-refractivity contribution is -0.384. The van der Waals surface area contributed by atoms with Crippen LogP contribution in [-0.2, 0) is 0 Å². The summed E-state index contributed by atoms with van der Waals surface area (Å²) in [6.07, 6.45) is 0. The molecular weight excluding hydrogens is 350 g/mol. The van der Waals surface area contributed by atoms with Crippen LogP contribution in [0, 0.1) is 16.0 Å². The maximum Gasteiger partial charge on any atom is 0.319 e. The van der Waals surface area contributed by atoms with Crippen LogP contribution >= 0.6 is 0 Å². The summed E-state index contributed by atoms with van der Waals surface area (Å²) < 4.78 is 11.1. The molecule has 27 heavy (non-hydrogen) atoms. The molecule has 1 aliphatic heterocycles. The summed E-state index contributed by atoms with van der Waals surface area (Å²) in [4.78, 5) is 22.8. The van der Waals surface area contributed by atoms with Gasteiger partial charge in [-0.05, 0) is 29.7 Å². The molecule has 142 valence electrons. The number of hydrogen-bond acceptors (Lipinski definition) is 5. The van der Waals surface area contributed by atoms with E-state index >= 15 is 0 Å². The number of urea groups is 1. The Labute approximate surface area is 156 Å². The summed E-state index contributed by atoms with van der Waals surface area (Å²) in [5.74, 6) is 1.46. The minimum atomic E-state index is -0.505. The largest absolute Gasteiger partial charge is 0.486 e. The van der Waals surface area contributed by atoms with Crippen LogP contribution in [-0.4, -0.2) is 24.2 Å². The molecule has 0 aliphatic carbocycles. The number of non-ortho nitro benzene ring substituents is 1. The van der Waals surface area contributed by atoms with Crippen LogP contribution in [0.2, 0.25) is 0 Å². The summed E-state index contributed by atoms with van der Waals surface area (Å²) in [5.41, 5.74) is 1.16. The Morgan fingerprint density at radius 2 is 1.85 bits per heavy atom. The van der Waals surface area contributed by atoms with Gasteiger partial charge in [-0.2, -0.15) is 0 Å². The molecule has 0 bridgehead atoms. The van der Waals surface area contributed by atoms with Crippen molar-refractivity contribution in [1.82, 2.24) is 5.32 Å². The molecule has 0 fully saturated rings. The van der Waals surface area contributed by atoms with E-state index in [1.807, 2.05) is 32.0 Å². The Balaban J connectivity index is 1.73. The second-order valence-electron chi connectivity index (χ2n) is 6.53. The number of amides is 2. The van der Waals surface area contributed by atoms with E-state index in [1.165, 1.54) is 18.2 Å². The monoisotopic (exact) mass is 371 g/mol. The maximum absolute atomic E-state index is 12.4. The summed E-state index contributed by atoms with van der Waals surface area (Å²) in [7, 11) is 0. The zero-order chi connectivity index (χ0) is 19.4. The fourth-order valence-corrected chi connectivity index (χ4v) is 2.89. The minimum absolute atomic E-state index is 0.0833. The summed E-state index contributed by atoms with van der Waals surface area (Å²) in [6, 6.07) is 10.7. The lowest BCUT2D eigenvalue weighted by Gasteiger charge is -2.25. The molecule has 1 heterocycles. The number of hydrogen-bond donors (Lipinski definition) is 2. The number of nitro benzene ring substituents is 1. The number of ether oxygens (including phenoxy) is 2. The number of rotatable bonds is 5. The van der Waals surface area contributed by atoms with Crippen LogP contribution in [0.15, 0.2) is 42.5 Å². The second kappa shape index (κ2) is 7.94. The van der Waals surface area contributed by atoms with Gasteiger partial charge in [0.15, 0.2) is 11.5 Å². The Bertz CT molecular complexity index is 853. The molecule has 1 atom stereocenters. The van der Waals surface area contributed by atoms with E-state index in [4.69, 9.17) is 9.47 Å². The number of carbonyl (C=O) groups is 1. The van der Waals surface area contributed by atoms with Gasteiger partial charge in [0.25, 0.3) is 5.69 Å². The number of nitrogens with one attached hydrogen (secondary N) is 2. The first kappa shape index (κ1) is 18.5. The zero-order valence-electron chi connectivity index (χ0n) is 15.1. The standard InChI is InChI=1S/C19H21N3O5/c1-12(2)18(13-6-7-16-17(10-13)27-9-8-26-16)21-19(23)20-14-4-3-5-15(11-14)22(24)25/h3-7,10-12,18H,8-9H2,1-2H3,(H2,20,21,23). The van der Waals surface area contributed by atoms with E-state index in [2.05, 4.69) is 10.6 Å². The fourth-order valence-electron chi connectivity index (χ4n) is 2.89. The van der Waals surface area contributed by atoms with Gasteiger partial charge in [-0.1, -0.05) is 26.0 Å². The highest BCUT2D eigenvalue weighted by atomic mass is 16.6. The number of nitro groups is 1. The predicted octanol–water partition coefficient (Wildman–Crippen LogP) is 3.88. The van der Waals surface area contributed by atoms with Gasteiger partial charge in [-0.3, -0.25) is 10.1 Å². The van der Waals surface area contributed by atoms with Crippen molar-refractivity contribution in [1.29, 1.82) is 0 Å². The smallest absolute Gasteiger partial charge is 0.319 e. The third kappa shape index (κ3) is 4.46. The third-order valence-corrected chi connectivity index (χ3v) is 4.19. The molecule has 1 aliphatic rings. The highest BCUT2D eigenvalue weighted by Gasteiger charge is 2.21. The van der Waals surface area contributed by atoms with Crippen molar-refractivity contribution in [2.45, 2.75) is 19.9 Å². The quantitative estimate of drug-likeness (QED) is 0.613. The van der Waals surface area contributed by atoms with E-state index < -0.39 is 11.0 Å². The van der Waals surface area contributed by atoms with Gasteiger partial charge in [-0.25, -0.2) is 4.79 Å². The summed E-state index contributed by atoms with van der Waals surface area (Å²) in [6.45, 7) is 5.00. The topological polar surface area (TPSA) is 103 Å². The van der Waals surface area contributed by atoms with Crippen molar-refractivity contribution in [3.8, 4) is 11.5 Å². The molecule has 2 amide bonds. The molecule has 0 aromatic heterocycles. The first-order chi connectivity index (χ1) is 12.9. The van der Waals surface area contributed by atoms with Crippen LogP contribution in [0.3, 0.4) is 0 Å². The molecule has 0 radical (unpaired) electrons. The third-order valence-electron chi connectivity index (χ3n) is 4.19. The van der Waals surface area contributed by atoms with E-state index in [0.29, 0.717) is 30.4 Å². The molecule has 8 heteroatoms. The van der Waals surface area contributed by atoms with Gasteiger partial charge in [0, 0.05) is 17.8 Å². The highest BCUT2D eigenvalue weighted by molar-refractivity contribution is 5.89. The number of nitrogens with zero attached hydrogens (tertiary/aromatic N) is 1. The van der Waals surface area contributed by atoms with Crippen molar-refractivity contribution in [2.75, 3.05) is 18.5 Å². The molecule has 2 aromatic rings. The second-order valence-corrected chi connectivity index (χ2v) is 6.53. The molecule has 0 saturated heterocycles. The van der Waals surface area contributed by atoms with Crippen LogP contribution in [0.5, 0.6) is 11.5 Å². The predicted molar refractivity (Wildman–Crippen MR) is 100 cm³/mol. The van der Waals surface area contributed by atoms with Gasteiger partial charge in [0.2, 0.25) is 0 Å². The molecule has 1 unspecified atom stereocenters. The number of benzene rings is 2. The molecule has 0 spiro atoms. The summed E-state index contributed by atoms with van der Waals surface area (Å²) >= 11 is 0. The Morgan fingerprint density at radius 3 is 2.56 bits per heavy atom. The van der Waals surface area contributed by atoms with Gasteiger partial charge in [-0.15, -0.1) is 0 Å². The van der Waals surface area contributed by atoms with Crippen LogP contribution < -0.4 is 20.1 Å². The van der Waals surface area contributed by atoms with Gasteiger partial charge in [0.1, 0.15) is 13.2 Å². The van der Waals surface area contributed by atoms with Crippen LogP contribution in [0.4, 0.5) is 16.2 Å². The highest BCUT2D eigenvalue weighted by Crippen LogP contribution is 2.34. The number of fused-ring (bicyclic) bond motifs is 1. The fraction of sp³-hybridized carbons (Fsp3) is 0.316. The number of carbonyl (C=O) groups excluding carboxylic acids is 1. The van der Waals surface area contributed by atoms with Gasteiger partial charge in [0.05, 0.1) is 11.0 Å². The average Bonchev–Trinajstić information content (AvgIpc) is 2.65. The zero-order valence-corrected chi connectivity index (χ0v) is 15.1. The maximum atomic E-state index is 12.4.